The van der Waals surface area contributed by atoms with Gasteiger partial charge in [-0.3, -0.25) is 0 Å². The molecular formula is C14H15N3OS. The van der Waals surface area contributed by atoms with Crippen molar-refractivity contribution in [2.45, 2.75) is 22.9 Å². The average Bonchev–Trinajstić information content (AvgIpc) is 3.25. The van der Waals surface area contributed by atoms with Crippen molar-refractivity contribution in [1.82, 2.24) is 9.97 Å². The number of pyridine rings is 2. The molecule has 19 heavy (non-hydrogen) atoms. The molecule has 1 saturated carbocycles. The highest BCUT2D eigenvalue weighted by molar-refractivity contribution is 7.99. The van der Waals surface area contributed by atoms with Crippen LogP contribution in [0.3, 0.4) is 0 Å². The van der Waals surface area contributed by atoms with Crippen molar-refractivity contribution in [2.75, 3.05) is 12.3 Å². The zero-order valence-corrected chi connectivity index (χ0v) is 11.3. The van der Waals surface area contributed by atoms with E-state index in [9.17, 15) is 0 Å². The Balaban J connectivity index is 1.72. The minimum Gasteiger partial charge on any atom is -0.476 e. The Labute approximate surface area is 116 Å². The van der Waals surface area contributed by atoms with Crippen LogP contribution in [0.4, 0.5) is 5.69 Å². The first-order chi connectivity index (χ1) is 9.31. The van der Waals surface area contributed by atoms with Gasteiger partial charge in [-0.05, 0) is 54.8 Å². The van der Waals surface area contributed by atoms with Gasteiger partial charge in [0.15, 0.2) is 0 Å². The molecule has 0 amide bonds. The Morgan fingerprint density at radius 2 is 2.11 bits per heavy atom. The van der Waals surface area contributed by atoms with Gasteiger partial charge in [0.05, 0.1) is 12.3 Å². The van der Waals surface area contributed by atoms with Gasteiger partial charge in [0, 0.05) is 6.20 Å². The Bertz CT molecular complexity index is 558. The van der Waals surface area contributed by atoms with E-state index in [1.54, 1.807) is 6.20 Å². The van der Waals surface area contributed by atoms with Crippen LogP contribution in [0.5, 0.6) is 5.88 Å². The molecule has 98 valence electrons. The van der Waals surface area contributed by atoms with Crippen LogP contribution in [0.1, 0.15) is 12.8 Å². The van der Waals surface area contributed by atoms with E-state index in [-0.39, 0.29) is 0 Å². The Kier molecular flexibility index (Phi) is 3.55. The Morgan fingerprint density at radius 1 is 1.21 bits per heavy atom. The molecule has 1 aliphatic rings. The highest BCUT2D eigenvalue weighted by Crippen LogP contribution is 2.32. The summed E-state index contributed by atoms with van der Waals surface area (Å²) < 4.78 is 5.67. The number of aromatic nitrogens is 2. The third-order valence-electron chi connectivity index (χ3n) is 2.86. The molecule has 2 heterocycles. The third-order valence-corrected chi connectivity index (χ3v) is 3.75. The fourth-order valence-corrected chi connectivity index (χ4v) is 2.34. The minimum absolute atomic E-state index is 0.535. The zero-order valence-electron chi connectivity index (χ0n) is 10.5. The molecule has 4 nitrogen and oxygen atoms in total. The number of hydrogen-bond acceptors (Lipinski definition) is 5. The number of nitrogens with zero attached hydrogens (tertiary/aromatic N) is 2. The van der Waals surface area contributed by atoms with Gasteiger partial charge < -0.3 is 10.5 Å². The van der Waals surface area contributed by atoms with Crippen molar-refractivity contribution in [3.63, 3.8) is 0 Å². The molecule has 2 aromatic heterocycles. The maximum absolute atomic E-state index is 5.88. The van der Waals surface area contributed by atoms with Crippen LogP contribution in [0.2, 0.25) is 0 Å². The summed E-state index contributed by atoms with van der Waals surface area (Å²) >= 11 is 1.50. The fraction of sp³-hybridized carbons (Fsp3) is 0.286. The zero-order chi connectivity index (χ0) is 13.1. The number of anilines is 1. The van der Waals surface area contributed by atoms with Crippen LogP contribution >= 0.6 is 11.8 Å². The number of rotatable bonds is 5. The fourth-order valence-electron chi connectivity index (χ4n) is 1.60. The summed E-state index contributed by atoms with van der Waals surface area (Å²) in [6, 6.07) is 9.52. The second-order valence-electron chi connectivity index (χ2n) is 4.57. The van der Waals surface area contributed by atoms with Gasteiger partial charge in [-0.1, -0.05) is 6.07 Å². The molecule has 0 saturated heterocycles. The van der Waals surface area contributed by atoms with Crippen molar-refractivity contribution in [3.8, 4) is 5.88 Å². The highest BCUT2D eigenvalue weighted by Gasteiger charge is 2.22. The van der Waals surface area contributed by atoms with E-state index in [0.717, 1.165) is 16.7 Å². The second kappa shape index (κ2) is 5.48. The lowest BCUT2D eigenvalue weighted by molar-refractivity contribution is 0.288. The van der Waals surface area contributed by atoms with E-state index >= 15 is 0 Å². The summed E-state index contributed by atoms with van der Waals surface area (Å²) in [7, 11) is 0. The molecule has 0 radical (unpaired) electrons. The van der Waals surface area contributed by atoms with Gasteiger partial charge in [0.2, 0.25) is 5.88 Å². The Morgan fingerprint density at radius 3 is 2.84 bits per heavy atom. The van der Waals surface area contributed by atoms with Crippen LogP contribution in [0.25, 0.3) is 0 Å². The summed E-state index contributed by atoms with van der Waals surface area (Å²) in [5.41, 5.74) is 6.47. The lowest BCUT2D eigenvalue weighted by Crippen LogP contribution is -2.04. The number of nitrogens with two attached hydrogens (primary N) is 1. The van der Waals surface area contributed by atoms with Gasteiger partial charge >= 0.3 is 0 Å². The van der Waals surface area contributed by atoms with Gasteiger partial charge in [-0.2, -0.15) is 0 Å². The largest absolute Gasteiger partial charge is 0.476 e. The van der Waals surface area contributed by atoms with Crippen LogP contribution in [-0.4, -0.2) is 16.6 Å². The normalized spacial score (nSPS) is 14.3. The van der Waals surface area contributed by atoms with E-state index in [1.807, 2.05) is 30.3 Å². The van der Waals surface area contributed by atoms with Crippen LogP contribution < -0.4 is 10.5 Å². The van der Waals surface area contributed by atoms with Crippen molar-refractivity contribution in [3.05, 3.63) is 36.5 Å². The minimum atomic E-state index is 0.535. The summed E-state index contributed by atoms with van der Waals surface area (Å²) in [4.78, 5) is 8.70. The lowest BCUT2D eigenvalue weighted by Gasteiger charge is -2.08. The summed E-state index contributed by atoms with van der Waals surface area (Å²) in [5.74, 6) is 1.22. The van der Waals surface area contributed by atoms with Gasteiger partial charge in [0.1, 0.15) is 10.1 Å². The number of nitrogen functional groups attached to an aromatic ring is 1. The highest BCUT2D eigenvalue weighted by atomic mass is 32.2. The molecular weight excluding hydrogens is 258 g/mol. The molecule has 2 N–H and O–H groups in total. The SMILES string of the molecule is Nc1ccc(Sc2ccccn2)nc1OCC1CC1. The standard InChI is InChI=1S/C14H15N3OS/c15-11-6-7-13(19-12-3-1-2-8-16-12)17-14(11)18-9-10-4-5-10/h1-3,6-8,10H,4-5,9,15H2. The van der Waals surface area contributed by atoms with E-state index in [0.29, 0.717) is 17.5 Å². The number of hydrogen-bond donors (Lipinski definition) is 1. The molecule has 5 heteroatoms. The first-order valence-corrected chi connectivity index (χ1v) is 7.11. The maximum Gasteiger partial charge on any atom is 0.238 e. The first kappa shape index (κ1) is 12.3. The maximum atomic E-state index is 5.88. The van der Waals surface area contributed by atoms with Crippen LogP contribution in [0.15, 0.2) is 46.6 Å². The van der Waals surface area contributed by atoms with Gasteiger partial charge in [-0.25, -0.2) is 9.97 Å². The van der Waals surface area contributed by atoms with Gasteiger partial charge in [0.25, 0.3) is 0 Å². The third kappa shape index (κ3) is 3.38. The van der Waals surface area contributed by atoms with Gasteiger partial charge in [-0.15, -0.1) is 0 Å². The predicted molar refractivity (Wildman–Crippen MR) is 75.2 cm³/mol. The average molecular weight is 273 g/mol. The molecule has 0 atom stereocenters. The van der Waals surface area contributed by atoms with Crippen LogP contribution in [-0.2, 0) is 0 Å². The molecule has 1 aliphatic carbocycles. The monoisotopic (exact) mass is 273 g/mol. The summed E-state index contributed by atoms with van der Waals surface area (Å²) in [5, 5.41) is 1.76. The molecule has 3 rings (SSSR count). The number of ether oxygens (including phenoxy) is 1. The second-order valence-corrected chi connectivity index (χ2v) is 5.61. The molecule has 0 aromatic carbocycles. The smallest absolute Gasteiger partial charge is 0.238 e. The molecule has 0 unspecified atom stereocenters. The Hall–Kier alpha value is -1.75. The summed E-state index contributed by atoms with van der Waals surface area (Å²) in [6.45, 7) is 0.717. The first-order valence-electron chi connectivity index (χ1n) is 6.29. The van der Waals surface area contributed by atoms with E-state index in [1.165, 1.54) is 24.6 Å². The van der Waals surface area contributed by atoms with Crippen molar-refractivity contribution >= 4 is 17.4 Å². The van der Waals surface area contributed by atoms with E-state index < -0.39 is 0 Å². The molecule has 2 aromatic rings. The summed E-state index contributed by atoms with van der Waals surface area (Å²) in [6.07, 6.45) is 4.27. The van der Waals surface area contributed by atoms with Crippen molar-refractivity contribution in [1.29, 1.82) is 0 Å². The quantitative estimate of drug-likeness (QED) is 0.907. The molecule has 0 aliphatic heterocycles. The lowest BCUT2D eigenvalue weighted by atomic mass is 10.4. The topological polar surface area (TPSA) is 61.0 Å². The van der Waals surface area contributed by atoms with E-state index in [2.05, 4.69) is 9.97 Å². The molecule has 1 fully saturated rings. The van der Waals surface area contributed by atoms with Crippen molar-refractivity contribution in [2.24, 2.45) is 5.92 Å². The predicted octanol–water partition coefficient (Wildman–Crippen LogP) is 3.00. The van der Waals surface area contributed by atoms with E-state index in [4.69, 9.17) is 10.5 Å². The van der Waals surface area contributed by atoms with Crippen LogP contribution in [0, 0.1) is 5.92 Å². The molecule has 0 spiro atoms. The van der Waals surface area contributed by atoms with Crippen molar-refractivity contribution < 1.29 is 4.74 Å². The molecule has 0 bridgehead atoms.